The third kappa shape index (κ3) is 4.10. The third-order valence-electron chi connectivity index (χ3n) is 4.21. The molecule has 0 bridgehead atoms. The van der Waals surface area contributed by atoms with Crippen molar-refractivity contribution in [3.05, 3.63) is 96.8 Å². The Hall–Kier alpha value is -3.86. The van der Waals surface area contributed by atoms with Crippen LogP contribution in [0.15, 0.2) is 96.4 Å². The van der Waals surface area contributed by atoms with E-state index in [0.717, 1.165) is 28.1 Å². The fourth-order valence-corrected chi connectivity index (χ4v) is 2.75. The Balaban J connectivity index is 1.74. The molecule has 0 N–H and O–H groups in total. The van der Waals surface area contributed by atoms with Crippen LogP contribution in [0.4, 0.5) is 5.95 Å². The number of pyridine rings is 1. The smallest absolute Gasteiger partial charge is 0.247 e. The number of hydrogen-bond donors (Lipinski definition) is 0. The predicted molar refractivity (Wildman–Crippen MR) is 113 cm³/mol. The molecule has 0 atom stereocenters. The molecule has 0 aliphatic carbocycles. The molecule has 2 heterocycles. The van der Waals surface area contributed by atoms with Crippen LogP contribution in [0.1, 0.15) is 5.56 Å². The monoisotopic (exact) mass is 365 g/mol. The van der Waals surface area contributed by atoms with E-state index < -0.39 is 0 Å². The molecular weight excluding hydrogens is 346 g/mol. The number of hydrogen-bond acceptors (Lipinski definition) is 5. The highest BCUT2D eigenvalue weighted by molar-refractivity contribution is 5.79. The van der Waals surface area contributed by atoms with Gasteiger partial charge in [-0.2, -0.15) is 5.10 Å². The van der Waals surface area contributed by atoms with Crippen molar-refractivity contribution in [2.45, 2.75) is 0 Å². The zero-order valence-electron chi connectivity index (χ0n) is 15.5. The highest BCUT2D eigenvalue weighted by Gasteiger charge is 2.11. The Morgan fingerprint density at radius 1 is 0.786 bits per heavy atom. The van der Waals surface area contributed by atoms with Crippen molar-refractivity contribution in [1.82, 2.24) is 15.0 Å². The molecule has 2 aromatic heterocycles. The largest absolute Gasteiger partial charge is 0.264 e. The second kappa shape index (κ2) is 8.22. The van der Waals surface area contributed by atoms with Crippen molar-refractivity contribution in [2.24, 2.45) is 5.10 Å². The quantitative estimate of drug-likeness (QED) is 0.381. The Kier molecular flexibility index (Phi) is 5.15. The molecule has 0 aliphatic heterocycles. The first-order chi connectivity index (χ1) is 13.8. The molecule has 0 saturated carbocycles. The molecule has 0 unspecified atom stereocenters. The zero-order valence-corrected chi connectivity index (χ0v) is 15.5. The minimum Gasteiger partial charge on any atom is -0.264 e. The van der Waals surface area contributed by atoms with E-state index in [2.05, 4.69) is 10.1 Å². The first-order valence-electron chi connectivity index (χ1n) is 8.97. The molecule has 0 aliphatic rings. The van der Waals surface area contributed by atoms with E-state index >= 15 is 0 Å². The van der Waals surface area contributed by atoms with Crippen LogP contribution in [0.5, 0.6) is 0 Å². The molecule has 4 aromatic rings. The van der Waals surface area contributed by atoms with Gasteiger partial charge in [-0.1, -0.05) is 66.7 Å². The predicted octanol–water partition coefficient (Wildman–Crippen LogP) is 4.68. The highest BCUT2D eigenvalue weighted by atomic mass is 15.5. The van der Waals surface area contributed by atoms with E-state index in [1.807, 2.05) is 85.9 Å². The van der Waals surface area contributed by atoms with Crippen molar-refractivity contribution >= 4 is 12.2 Å². The second-order valence-corrected chi connectivity index (χ2v) is 6.23. The molecule has 5 heteroatoms. The van der Waals surface area contributed by atoms with E-state index in [1.165, 1.54) is 0 Å². The van der Waals surface area contributed by atoms with Gasteiger partial charge in [0.1, 0.15) is 0 Å². The fraction of sp³-hybridized carbons (Fsp3) is 0.0435. The SMILES string of the molecule is CN(N=Cc1cccnc1)c1nc(-c2ccccc2)cc(-c2ccccc2)n1. The van der Waals surface area contributed by atoms with Crippen LogP contribution >= 0.6 is 0 Å². The van der Waals surface area contributed by atoms with Crippen molar-refractivity contribution < 1.29 is 0 Å². The van der Waals surface area contributed by atoms with Gasteiger partial charge in [0.25, 0.3) is 0 Å². The van der Waals surface area contributed by atoms with Crippen LogP contribution in [0.2, 0.25) is 0 Å². The molecule has 0 fully saturated rings. The second-order valence-electron chi connectivity index (χ2n) is 6.23. The third-order valence-corrected chi connectivity index (χ3v) is 4.21. The fourth-order valence-electron chi connectivity index (χ4n) is 2.75. The average Bonchev–Trinajstić information content (AvgIpc) is 2.79. The van der Waals surface area contributed by atoms with Gasteiger partial charge in [0.15, 0.2) is 0 Å². The number of rotatable bonds is 5. The molecular formula is C23H19N5. The van der Waals surface area contributed by atoms with Crippen LogP contribution in [-0.2, 0) is 0 Å². The lowest BCUT2D eigenvalue weighted by atomic mass is 10.1. The van der Waals surface area contributed by atoms with Gasteiger partial charge in [0, 0.05) is 36.1 Å². The minimum atomic E-state index is 0.528. The van der Waals surface area contributed by atoms with Crippen LogP contribution < -0.4 is 5.01 Å². The molecule has 0 radical (unpaired) electrons. The molecule has 2 aromatic carbocycles. The van der Waals surface area contributed by atoms with Gasteiger partial charge in [-0.3, -0.25) is 4.98 Å². The summed E-state index contributed by atoms with van der Waals surface area (Å²) in [6.07, 6.45) is 5.24. The molecule has 28 heavy (non-hydrogen) atoms. The topological polar surface area (TPSA) is 54.3 Å². The van der Waals surface area contributed by atoms with E-state index in [4.69, 9.17) is 9.97 Å². The normalized spacial score (nSPS) is 10.9. The summed E-state index contributed by atoms with van der Waals surface area (Å²) >= 11 is 0. The minimum absolute atomic E-state index is 0.528. The van der Waals surface area contributed by atoms with Gasteiger partial charge < -0.3 is 0 Å². The first-order valence-corrected chi connectivity index (χ1v) is 8.97. The van der Waals surface area contributed by atoms with Crippen LogP contribution in [0, 0.1) is 0 Å². The maximum Gasteiger partial charge on any atom is 0.247 e. The summed E-state index contributed by atoms with van der Waals surface area (Å²) < 4.78 is 0. The van der Waals surface area contributed by atoms with Crippen molar-refractivity contribution in [1.29, 1.82) is 0 Å². The van der Waals surface area contributed by atoms with E-state index in [9.17, 15) is 0 Å². The number of hydrazone groups is 1. The first kappa shape index (κ1) is 17.5. The Morgan fingerprint density at radius 3 is 1.93 bits per heavy atom. The maximum atomic E-state index is 4.73. The van der Waals surface area contributed by atoms with Crippen LogP contribution in [0.3, 0.4) is 0 Å². The van der Waals surface area contributed by atoms with Crippen molar-refractivity contribution in [3.63, 3.8) is 0 Å². The number of aromatic nitrogens is 3. The van der Waals surface area contributed by atoms with Gasteiger partial charge in [-0.25, -0.2) is 15.0 Å². The molecule has 0 saturated heterocycles. The summed E-state index contributed by atoms with van der Waals surface area (Å²) in [6, 6.07) is 26.0. The Morgan fingerprint density at radius 2 is 1.39 bits per heavy atom. The number of nitrogens with zero attached hydrogens (tertiary/aromatic N) is 5. The zero-order chi connectivity index (χ0) is 19.2. The van der Waals surface area contributed by atoms with Gasteiger partial charge in [-0.05, 0) is 12.1 Å². The lowest BCUT2D eigenvalue weighted by molar-refractivity contribution is 0.938. The maximum absolute atomic E-state index is 4.73. The summed E-state index contributed by atoms with van der Waals surface area (Å²) in [4.78, 5) is 13.6. The van der Waals surface area contributed by atoms with Gasteiger partial charge >= 0.3 is 0 Å². The van der Waals surface area contributed by atoms with E-state index in [-0.39, 0.29) is 0 Å². The molecule has 0 amide bonds. The molecule has 4 rings (SSSR count). The van der Waals surface area contributed by atoms with Crippen molar-refractivity contribution in [3.8, 4) is 22.5 Å². The molecule has 0 spiro atoms. The van der Waals surface area contributed by atoms with Crippen LogP contribution in [-0.4, -0.2) is 28.2 Å². The highest BCUT2D eigenvalue weighted by Crippen LogP contribution is 2.26. The lowest BCUT2D eigenvalue weighted by Crippen LogP contribution is -2.13. The van der Waals surface area contributed by atoms with Crippen LogP contribution in [0.25, 0.3) is 22.5 Å². The molecule has 136 valence electrons. The summed E-state index contributed by atoms with van der Waals surface area (Å²) in [6.45, 7) is 0. The Labute approximate surface area is 164 Å². The summed E-state index contributed by atoms with van der Waals surface area (Å²) in [7, 11) is 1.84. The summed E-state index contributed by atoms with van der Waals surface area (Å²) in [5, 5.41) is 6.15. The Bertz CT molecular complexity index is 1010. The van der Waals surface area contributed by atoms with E-state index in [0.29, 0.717) is 5.95 Å². The van der Waals surface area contributed by atoms with Crippen molar-refractivity contribution in [2.75, 3.05) is 12.1 Å². The summed E-state index contributed by atoms with van der Waals surface area (Å²) in [5.41, 5.74) is 4.69. The standard InChI is InChI=1S/C23H19N5/c1-28(25-17-18-9-8-14-24-16-18)23-26-21(19-10-4-2-5-11-19)15-22(27-23)20-12-6-3-7-13-20/h2-17H,1H3. The van der Waals surface area contributed by atoms with Gasteiger partial charge in [0.05, 0.1) is 17.6 Å². The van der Waals surface area contributed by atoms with Gasteiger partial charge in [0.2, 0.25) is 5.95 Å². The molecule has 5 nitrogen and oxygen atoms in total. The summed E-state index contributed by atoms with van der Waals surface area (Å²) in [5.74, 6) is 0.528. The average molecular weight is 365 g/mol. The lowest BCUT2D eigenvalue weighted by Gasteiger charge is -2.14. The van der Waals surface area contributed by atoms with Gasteiger partial charge in [-0.15, -0.1) is 0 Å². The number of benzene rings is 2. The van der Waals surface area contributed by atoms with E-state index in [1.54, 1.807) is 23.6 Å². The number of anilines is 1.